The van der Waals surface area contributed by atoms with Crippen molar-refractivity contribution in [2.24, 2.45) is 0 Å². The molecule has 0 unspecified atom stereocenters. The number of hydrogen-bond acceptors (Lipinski definition) is 4. The SMILES string of the molecule is Cc1c(C(=O)O)ccc(-c2nn(C(=O)c3c(Cl)cccc3C(F)(F)F)c3cc(C(=O)N(C)C)ccc23)c1F. The second-order valence-corrected chi connectivity index (χ2v) is 8.97. The minimum atomic E-state index is -4.93. The molecule has 4 rings (SSSR count). The molecule has 7 nitrogen and oxygen atoms in total. The fraction of sp³-hybridized carbons (Fsp3) is 0.154. The lowest BCUT2D eigenvalue weighted by atomic mass is 9.99. The number of halogens is 5. The number of benzene rings is 3. The van der Waals surface area contributed by atoms with E-state index in [9.17, 15) is 32.7 Å². The van der Waals surface area contributed by atoms with E-state index in [-0.39, 0.29) is 38.9 Å². The third-order valence-electron chi connectivity index (χ3n) is 5.93. The van der Waals surface area contributed by atoms with E-state index < -0.39 is 45.9 Å². The van der Waals surface area contributed by atoms with Crippen LogP contribution in [-0.4, -0.2) is 51.7 Å². The van der Waals surface area contributed by atoms with Gasteiger partial charge in [-0.15, -0.1) is 0 Å². The van der Waals surface area contributed by atoms with Gasteiger partial charge < -0.3 is 10.0 Å². The van der Waals surface area contributed by atoms with Crippen LogP contribution in [0.2, 0.25) is 5.02 Å². The standard InChI is InChI=1S/C26H18ClF4N3O4/c1-12-14(25(37)38)9-10-16(21(12)28)22-15-8-7-13(23(35)33(2)3)11-19(15)34(32-22)24(36)20-17(26(29,30)31)5-4-6-18(20)27/h4-11H,1-3H3,(H,37,38). The Balaban J connectivity index is 2.05. The van der Waals surface area contributed by atoms with Gasteiger partial charge in [0.25, 0.3) is 11.8 Å². The molecule has 0 bridgehead atoms. The molecule has 3 aromatic carbocycles. The molecule has 0 aliphatic heterocycles. The maximum absolute atomic E-state index is 15.3. The van der Waals surface area contributed by atoms with Crippen LogP contribution in [0.1, 0.15) is 42.2 Å². The molecule has 4 aromatic rings. The Morgan fingerprint density at radius 3 is 2.34 bits per heavy atom. The first-order valence-electron chi connectivity index (χ1n) is 10.9. The van der Waals surface area contributed by atoms with Crippen LogP contribution in [0.4, 0.5) is 17.6 Å². The maximum atomic E-state index is 15.3. The molecule has 0 saturated carbocycles. The molecular formula is C26H18ClF4N3O4. The average molecular weight is 548 g/mol. The zero-order valence-electron chi connectivity index (χ0n) is 20.0. The van der Waals surface area contributed by atoms with Crippen molar-refractivity contribution in [3.05, 3.63) is 87.2 Å². The summed E-state index contributed by atoms with van der Waals surface area (Å²) in [6, 6.07) is 9.20. The largest absolute Gasteiger partial charge is 0.478 e. The molecule has 1 N–H and O–H groups in total. The number of carbonyl (C=O) groups is 3. The number of amides is 1. The summed E-state index contributed by atoms with van der Waals surface area (Å²) in [6.45, 7) is 1.25. The van der Waals surface area contributed by atoms with Gasteiger partial charge in [-0.1, -0.05) is 17.7 Å². The van der Waals surface area contributed by atoms with Crippen LogP contribution in [0.5, 0.6) is 0 Å². The number of carboxylic acid groups (broad SMARTS) is 1. The van der Waals surface area contributed by atoms with Gasteiger partial charge in [0, 0.05) is 30.6 Å². The predicted octanol–water partition coefficient (Wildman–Crippen LogP) is 5.91. The number of carboxylic acids is 1. The number of fused-ring (bicyclic) bond motifs is 1. The Kier molecular flexibility index (Phi) is 6.75. The Hall–Kier alpha value is -4.25. The first kappa shape index (κ1) is 26.8. The smallest absolute Gasteiger partial charge is 0.417 e. The van der Waals surface area contributed by atoms with E-state index in [1.54, 1.807) is 0 Å². The lowest BCUT2D eigenvalue weighted by molar-refractivity contribution is -0.137. The minimum absolute atomic E-state index is 0.0786. The molecule has 1 aromatic heterocycles. The van der Waals surface area contributed by atoms with Gasteiger partial charge in [0.2, 0.25) is 0 Å². The van der Waals surface area contributed by atoms with Crippen molar-refractivity contribution in [2.45, 2.75) is 13.1 Å². The fourth-order valence-corrected chi connectivity index (χ4v) is 4.30. The summed E-state index contributed by atoms with van der Waals surface area (Å²) in [5, 5.41) is 13.1. The van der Waals surface area contributed by atoms with E-state index in [1.807, 2.05) is 0 Å². The van der Waals surface area contributed by atoms with Crippen LogP contribution < -0.4 is 0 Å². The van der Waals surface area contributed by atoms with Gasteiger partial charge in [0.15, 0.2) is 0 Å². The number of hydrogen-bond donors (Lipinski definition) is 1. The molecular weight excluding hydrogens is 530 g/mol. The molecule has 0 radical (unpaired) electrons. The molecule has 1 amide bonds. The summed E-state index contributed by atoms with van der Waals surface area (Å²) in [5.74, 6) is -4.02. The third kappa shape index (κ3) is 4.49. The van der Waals surface area contributed by atoms with Crippen molar-refractivity contribution in [1.82, 2.24) is 14.7 Å². The van der Waals surface area contributed by atoms with Crippen LogP contribution in [0.3, 0.4) is 0 Å². The van der Waals surface area contributed by atoms with E-state index in [1.165, 1.54) is 44.1 Å². The average Bonchev–Trinajstić information content (AvgIpc) is 3.22. The normalized spacial score (nSPS) is 11.6. The van der Waals surface area contributed by atoms with E-state index in [0.717, 1.165) is 24.3 Å². The lowest BCUT2D eigenvalue weighted by Gasteiger charge is -2.14. The second kappa shape index (κ2) is 9.56. The van der Waals surface area contributed by atoms with E-state index in [2.05, 4.69) is 5.10 Å². The van der Waals surface area contributed by atoms with Crippen LogP contribution in [0.25, 0.3) is 22.2 Å². The molecule has 0 spiro atoms. The van der Waals surface area contributed by atoms with Crippen LogP contribution in [-0.2, 0) is 6.18 Å². The van der Waals surface area contributed by atoms with E-state index >= 15 is 4.39 Å². The summed E-state index contributed by atoms with van der Waals surface area (Å²) in [7, 11) is 2.98. The molecule has 0 saturated heterocycles. The summed E-state index contributed by atoms with van der Waals surface area (Å²) < 4.78 is 57.2. The molecule has 12 heteroatoms. The van der Waals surface area contributed by atoms with Crippen molar-refractivity contribution in [3.8, 4) is 11.3 Å². The fourth-order valence-electron chi connectivity index (χ4n) is 4.04. The Labute approximate surface area is 217 Å². The van der Waals surface area contributed by atoms with Crippen molar-refractivity contribution in [3.63, 3.8) is 0 Å². The zero-order chi connectivity index (χ0) is 28.1. The van der Waals surface area contributed by atoms with Gasteiger partial charge in [-0.2, -0.15) is 23.0 Å². The summed E-state index contributed by atoms with van der Waals surface area (Å²) >= 11 is 6.03. The predicted molar refractivity (Wildman–Crippen MR) is 131 cm³/mol. The molecule has 0 fully saturated rings. The first-order chi connectivity index (χ1) is 17.7. The number of aromatic nitrogens is 2. The summed E-state index contributed by atoms with van der Waals surface area (Å²) in [5.41, 5.74) is -2.99. The Morgan fingerprint density at radius 1 is 1.05 bits per heavy atom. The number of aromatic carboxylic acids is 1. The zero-order valence-corrected chi connectivity index (χ0v) is 20.8. The Bertz CT molecular complexity index is 1640. The van der Waals surface area contributed by atoms with Gasteiger partial charge in [-0.05, 0) is 55.0 Å². The van der Waals surface area contributed by atoms with Gasteiger partial charge >= 0.3 is 12.1 Å². The van der Waals surface area contributed by atoms with Crippen molar-refractivity contribution in [1.29, 1.82) is 0 Å². The van der Waals surface area contributed by atoms with Crippen LogP contribution in [0.15, 0.2) is 48.5 Å². The number of nitrogens with zero attached hydrogens (tertiary/aromatic N) is 3. The highest BCUT2D eigenvalue weighted by molar-refractivity contribution is 6.34. The molecule has 0 aliphatic carbocycles. The quantitative estimate of drug-likeness (QED) is 0.321. The van der Waals surface area contributed by atoms with Gasteiger partial charge in [-0.25, -0.2) is 9.18 Å². The molecule has 38 heavy (non-hydrogen) atoms. The minimum Gasteiger partial charge on any atom is -0.478 e. The third-order valence-corrected chi connectivity index (χ3v) is 6.25. The maximum Gasteiger partial charge on any atom is 0.417 e. The lowest BCUT2D eigenvalue weighted by Crippen LogP contribution is -2.22. The van der Waals surface area contributed by atoms with E-state index in [0.29, 0.717) is 10.7 Å². The highest BCUT2D eigenvalue weighted by Crippen LogP contribution is 2.37. The molecule has 0 atom stereocenters. The van der Waals surface area contributed by atoms with Crippen LogP contribution in [0, 0.1) is 12.7 Å². The molecule has 0 aliphatic rings. The van der Waals surface area contributed by atoms with E-state index in [4.69, 9.17) is 11.6 Å². The summed E-state index contributed by atoms with van der Waals surface area (Å²) in [6.07, 6.45) is -4.93. The van der Waals surface area contributed by atoms with Crippen LogP contribution >= 0.6 is 11.6 Å². The number of carbonyl (C=O) groups excluding carboxylic acids is 2. The van der Waals surface area contributed by atoms with Gasteiger partial charge in [0.05, 0.1) is 27.2 Å². The highest BCUT2D eigenvalue weighted by atomic mass is 35.5. The number of rotatable bonds is 4. The summed E-state index contributed by atoms with van der Waals surface area (Å²) in [4.78, 5) is 38.8. The monoisotopic (exact) mass is 547 g/mol. The van der Waals surface area contributed by atoms with Crippen molar-refractivity contribution < 1.29 is 37.1 Å². The van der Waals surface area contributed by atoms with Gasteiger partial charge in [0.1, 0.15) is 11.5 Å². The van der Waals surface area contributed by atoms with Crippen molar-refractivity contribution in [2.75, 3.05) is 14.1 Å². The second-order valence-electron chi connectivity index (χ2n) is 8.56. The molecule has 196 valence electrons. The Morgan fingerprint density at radius 2 is 1.74 bits per heavy atom. The number of alkyl halides is 3. The topological polar surface area (TPSA) is 92.5 Å². The molecule has 1 heterocycles. The first-order valence-corrected chi connectivity index (χ1v) is 11.3. The van der Waals surface area contributed by atoms with Gasteiger partial charge in [-0.3, -0.25) is 9.59 Å². The van der Waals surface area contributed by atoms with Crippen molar-refractivity contribution >= 4 is 40.3 Å². The highest BCUT2D eigenvalue weighted by Gasteiger charge is 2.37.